The van der Waals surface area contributed by atoms with Crippen LogP contribution in [0.5, 0.6) is 0 Å². The molecule has 4 heterocycles. The number of benzene rings is 8. The molecule has 26 heteroatoms. The van der Waals surface area contributed by atoms with E-state index in [1.54, 1.807) is 67.0 Å². The van der Waals surface area contributed by atoms with Crippen molar-refractivity contribution in [2.45, 2.75) is 149 Å². The van der Waals surface area contributed by atoms with Gasteiger partial charge in [0.2, 0.25) is 0 Å². The summed E-state index contributed by atoms with van der Waals surface area (Å²) in [6.45, 7) is 54.1. The largest absolute Gasteiger partial charge is 0.433 e. The Kier molecular flexibility index (Phi) is 29.0. The number of nitrogens with zero attached hydrogens (tertiary/aromatic N) is 8. The van der Waals surface area contributed by atoms with E-state index in [1.165, 1.54) is 97.6 Å². The summed E-state index contributed by atoms with van der Waals surface area (Å²) in [7, 11) is -5.47. The SMILES string of the molecule is C.[C-]#[N+][C@@](O)(c1ccc(C)cc1F)C(F)(F)c1ccc(-c2ccc(C)cc2)cn1.[C-]#[N+][C@@](O[Si](C)(C)C)(c1ccc(C)cc1F)C(F)(F)c1ccc(-c2ccc(C)cc2)cn1.[C-]#[N+][C@](O)(c1ccc(C)cc1F)C(F)(F)c1ccc(-c2ccc(C)cc2)cn1.[C-]#[N+][C@](O[Si](C)(C)C)(c1ccc(C)cc1F)C(F)(F)c1ccc(-c2ccc(C)cc2)cn1. The van der Waals surface area contributed by atoms with Crippen LogP contribution in [0, 0.1) is 105 Å². The molecule has 0 aliphatic rings. The second kappa shape index (κ2) is 37.2. The maximum Gasteiger partial charge on any atom is 0.433 e. The predicted molar refractivity (Wildman–Crippen MR) is 451 cm³/mol. The van der Waals surface area contributed by atoms with Crippen molar-refractivity contribution in [1.82, 2.24) is 19.9 Å². The molecule has 0 radical (unpaired) electrons. The van der Waals surface area contributed by atoms with Crippen molar-refractivity contribution in [3.63, 3.8) is 0 Å². The predicted octanol–water partition coefficient (Wildman–Crippen LogP) is 25.8. The molecule has 12 rings (SSSR count). The van der Waals surface area contributed by atoms with E-state index in [-0.39, 0.29) is 7.43 Å². The van der Waals surface area contributed by atoms with Crippen LogP contribution < -0.4 is 0 Å². The van der Waals surface area contributed by atoms with Gasteiger partial charge >= 0.3 is 46.6 Å². The second-order valence-electron chi connectivity index (χ2n) is 30.9. The molecule has 2 N–H and O–H groups in total. The summed E-state index contributed by atoms with van der Waals surface area (Å²) >= 11 is 0. The standard InChI is InChI=1S/2C25H25F3N2OSi.2C22H17F3N2O.CH4/c2*1-17-7-10-19(11-8-17)20-12-14-23(30-16-20)24(27,28)25(29-3,31-32(4,5)6)21-13-9-18(2)15-22(21)26;2*1-14-4-7-16(8-5-14)17-9-11-20(27-13-17)21(24,25)22(28,26-3)18-10-6-15(2)12-19(18)23;/h2*7-16H,1-2,4-6H3;2*4-13,28H,1-2H3;1H4/t2*25-;2*22-;/m1010./s1. The highest BCUT2D eigenvalue weighted by Gasteiger charge is 2.71. The molecule has 0 aliphatic carbocycles. The van der Waals surface area contributed by atoms with E-state index >= 15 is 35.1 Å². The summed E-state index contributed by atoms with van der Waals surface area (Å²) in [4.78, 5) is 27.4. The fraction of sp³-hybridized carbons (Fsp3) is 0.242. The van der Waals surface area contributed by atoms with Crippen LogP contribution in [0.3, 0.4) is 0 Å². The minimum absolute atomic E-state index is 0. The first-order valence-corrected chi connectivity index (χ1v) is 44.1. The minimum Gasteiger partial charge on any atom is -0.342 e. The van der Waals surface area contributed by atoms with Gasteiger partial charge in [-0.05, 0) is 212 Å². The van der Waals surface area contributed by atoms with Crippen molar-refractivity contribution in [3.8, 4) is 44.5 Å². The van der Waals surface area contributed by atoms with Crippen molar-refractivity contribution in [2.75, 3.05) is 0 Å². The highest BCUT2D eigenvalue weighted by Crippen LogP contribution is 2.54. The Morgan fingerprint density at radius 1 is 0.273 bits per heavy atom. The number of aliphatic hydroxyl groups is 2. The summed E-state index contributed by atoms with van der Waals surface area (Å²) in [5.74, 6) is -20.0. The van der Waals surface area contributed by atoms with Crippen LogP contribution in [0.4, 0.5) is 52.7 Å². The molecule has 0 fully saturated rings. The maximum absolute atomic E-state index is 16.0. The van der Waals surface area contributed by atoms with Crippen molar-refractivity contribution >= 4 is 16.6 Å². The molecule has 0 unspecified atom stereocenters. The number of hydrogen-bond acceptors (Lipinski definition) is 8. The first kappa shape index (κ1) is 94.2. The van der Waals surface area contributed by atoms with Crippen LogP contribution in [-0.2, 0) is 55.4 Å². The number of halogens is 12. The summed E-state index contributed by atoms with van der Waals surface area (Å²) in [5, 5.41) is 21.0. The van der Waals surface area contributed by atoms with Crippen LogP contribution in [0.1, 0.15) is 97.0 Å². The van der Waals surface area contributed by atoms with E-state index in [4.69, 9.17) is 35.1 Å². The second-order valence-corrected chi connectivity index (χ2v) is 39.8. The molecule has 0 aliphatic heterocycles. The van der Waals surface area contributed by atoms with E-state index < -0.39 is 132 Å². The Morgan fingerprint density at radius 2 is 0.463 bits per heavy atom. The molecule has 121 heavy (non-hydrogen) atoms. The summed E-state index contributed by atoms with van der Waals surface area (Å²) < 4.78 is 194. The van der Waals surface area contributed by atoms with Crippen LogP contribution >= 0.6 is 0 Å². The Balaban J connectivity index is 0.000000200. The Labute approximate surface area is 699 Å². The van der Waals surface area contributed by atoms with Crippen LogP contribution in [0.15, 0.2) is 243 Å². The van der Waals surface area contributed by atoms with Gasteiger partial charge in [0.05, 0.1) is 0 Å². The van der Waals surface area contributed by atoms with Crippen LogP contribution in [-0.4, -0.2) is 46.8 Å². The third kappa shape index (κ3) is 20.3. The lowest BCUT2D eigenvalue weighted by molar-refractivity contribution is -0.173. The van der Waals surface area contributed by atoms with E-state index in [1.807, 2.05) is 125 Å². The minimum atomic E-state index is -4.13. The van der Waals surface area contributed by atoms with Gasteiger partial charge < -0.3 is 19.1 Å². The van der Waals surface area contributed by atoms with Gasteiger partial charge in [-0.15, -0.1) is 0 Å². The molecule has 0 amide bonds. The lowest BCUT2D eigenvalue weighted by Gasteiger charge is -2.34. The zero-order valence-electron chi connectivity index (χ0n) is 67.9. The maximum atomic E-state index is 16.0. The van der Waals surface area contributed by atoms with E-state index in [0.29, 0.717) is 44.5 Å². The molecular weight excluding hydrogens is 1600 g/mol. The number of aryl methyl sites for hydroxylation is 8. The lowest BCUT2D eigenvalue weighted by Crippen LogP contribution is -2.50. The normalized spacial score (nSPS) is 13.7. The molecule has 12 aromatic rings. The Hall–Kier alpha value is -12.2. The van der Waals surface area contributed by atoms with Gasteiger partial charge in [-0.2, -0.15) is 35.1 Å². The molecule has 0 bridgehead atoms. The topological polar surface area (TPSA) is 128 Å². The first-order chi connectivity index (χ1) is 56.2. The fourth-order valence-corrected chi connectivity index (χ4v) is 15.0. The number of rotatable bonds is 20. The zero-order valence-corrected chi connectivity index (χ0v) is 69.9. The highest BCUT2D eigenvalue weighted by atomic mass is 28.4. The molecule has 4 atom stereocenters. The van der Waals surface area contributed by atoms with E-state index in [0.717, 1.165) is 93.0 Å². The molecule has 0 spiro atoms. The van der Waals surface area contributed by atoms with Crippen LogP contribution in [0.25, 0.3) is 63.9 Å². The first-order valence-electron chi connectivity index (χ1n) is 37.3. The average molecular weight is 1690 g/mol. The molecule has 8 aromatic carbocycles. The molecular formula is C95H88F12N8O4Si2. The van der Waals surface area contributed by atoms with Gasteiger partial charge in [-0.1, -0.05) is 175 Å². The van der Waals surface area contributed by atoms with Gasteiger partial charge in [0.15, 0.2) is 16.6 Å². The van der Waals surface area contributed by atoms with Gasteiger partial charge in [0.25, 0.3) is 0 Å². The molecule has 0 saturated carbocycles. The summed E-state index contributed by atoms with van der Waals surface area (Å²) in [6.07, 6.45) is 5.15. The summed E-state index contributed by atoms with van der Waals surface area (Å²) in [6, 6.07) is 54.8. The average Bonchev–Trinajstić information content (AvgIpc) is 0.745. The van der Waals surface area contributed by atoms with Gasteiger partial charge in [-0.25, -0.2) is 43.9 Å². The van der Waals surface area contributed by atoms with Gasteiger partial charge in [-0.3, -0.25) is 39.3 Å². The third-order valence-corrected chi connectivity index (χ3v) is 20.9. The van der Waals surface area contributed by atoms with Crippen molar-refractivity contribution in [2.24, 2.45) is 0 Å². The molecule has 624 valence electrons. The third-order valence-electron chi connectivity index (χ3n) is 19.1. The van der Waals surface area contributed by atoms with Gasteiger partial charge in [0.1, 0.15) is 68.3 Å². The quantitative estimate of drug-likeness (QED) is 0.0439. The molecule has 4 aromatic heterocycles. The zero-order chi connectivity index (χ0) is 88.5. The van der Waals surface area contributed by atoms with E-state index in [9.17, 15) is 27.8 Å². The number of hydrogen-bond donors (Lipinski definition) is 2. The van der Waals surface area contributed by atoms with Gasteiger partial charge in [0, 0.05) is 47.0 Å². The lowest BCUT2D eigenvalue weighted by atomic mass is 9.92. The number of aromatic nitrogens is 4. The summed E-state index contributed by atoms with van der Waals surface area (Å²) in [5.41, 5.74) is -5.94. The fourth-order valence-electron chi connectivity index (χ4n) is 12.7. The Bertz CT molecular complexity index is 5460. The monoisotopic (exact) mass is 1690 g/mol. The van der Waals surface area contributed by atoms with Crippen molar-refractivity contribution in [3.05, 3.63) is 402 Å². The molecule has 12 nitrogen and oxygen atoms in total. The van der Waals surface area contributed by atoms with Crippen LogP contribution in [0.2, 0.25) is 39.3 Å². The smallest absolute Gasteiger partial charge is 0.342 e. The van der Waals surface area contributed by atoms with Crippen molar-refractivity contribution in [1.29, 1.82) is 0 Å². The number of alkyl halides is 8. The van der Waals surface area contributed by atoms with Crippen molar-refractivity contribution < 1.29 is 71.8 Å². The Morgan fingerprint density at radius 3 is 0.636 bits per heavy atom. The van der Waals surface area contributed by atoms with E-state index in [2.05, 4.69) is 39.3 Å². The highest BCUT2D eigenvalue weighted by molar-refractivity contribution is 6.70. The molecule has 0 saturated heterocycles. The number of pyridine rings is 4.